The average Bonchev–Trinajstić information content (AvgIpc) is 2.66. The lowest BCUT2D eigenvalue weighted by Crippen LogP contribution is -2.38. The molecule has 0 aliphatic heterocycles. The molecule has 0 fully saturated rings. The van der Waals surface area contributed by atoms with Crippen LogP contribution in [-0.2, 0) is 13.0 Å². The van der Waals surface area contributed by atoms with Crippen LogP contribution in [0.15, 0.2) is 47.5 Å². The second kappa shape index (κ2) is 10.4. The first-order valence-electron chi connectivity index (χ1n) is 8.63. The molecule has 0 aliphatic rings. The van der Waals surface area contributed by atoms with Crippen molar-refractivity contribution < 1.29 is 18.3 Å². The Kier molecular flexibility index (Phi) is 7.85. The summed E-state index contributed by atoms with van der Waals surface area (Å²) in [6.45, 7) is 0.0345. The first-order valence-corrected chi connectivity index (χ1v) is 8.63. The lowest BCUT2D eigenvalue weighted by Gasteiger charge is -2.15. The summed E-state index contributed by atoms with van der Waals surface area (Å²) in [6, 6.07) is 13.0. The van der Waals surface area contributed by atoms with Crippen molar-refractivity contribution in [2.75, 3.05) is 20.7 Å². The molecule has 0 aliphatic carbocycles. The number of nitrogens with one attached hydrogen (secondary N) is 2. The summed E-state index contributed by atoms with van der Waals surface area (Å²) < 4.78 is 34.9. The maximum absolute atomic E-state index is 12.6. The first kappa shape index (κ1) is 20.5. The summed E-state index contributed by atoms with van der Waals surface area (Å²) >= 11 is 0. The van der Waals surface area contributed by atoms with Crippen molar-refractivity contribution in [3.05, 3.63) is 59.2 Å². The lowest BCUT2D eigenvalue weighted by molar-refractivity contribution is -0.0504. The van der Waals surface area contributed by atoms with Gasteiger partial charge in [0.2, 0.25) is 0 Å². The smallest absolute Gasteiger partial charge is 0.387 e. The van der Waals surface area contributed by atoms with Crippen molar-refractivity contribution in [3.8, 4) is 11.5 Å². The van der Waals surface area contributed by atoms with Gasteiger partial charge in [-0.15, -0.1) is 0 Å². The Morgan fingerprint density at radius 3 is 2.67 bits per heavy atom. The Morgan fingerprint density at radius 2 is 1.96 bits per heavy atom. The van der Waals surface area contributed by atoms with Crippen LogP contribution in [0, 0.1) is 6.92 Å². The highest BCUT2D eigenvalue weighted by molar-refractivity contribution is 5.79. The molecule has 2 aromatic rings. The highest BCUT2D eigenvalue weighted by atomic mass is 19.3. The van der Waals surface area contributed by atoms with Gasteiger partial charge in [0.15, 0.2) is 5.96 Å². The number of hydrogen-bond acceptors (Lipinski definition) is 3. The summed E-state index contributed by atoms with van der Waals surface area (Å²) in [5.74, 6) is 1.57. The molecule has 0 amide bonds. The van der Waals surface area contributed by atoms with Crippen LogP contribution in [0.1, 0.15) is 16.7 Å². The summed E-state index contributed by atoms with van der Waals surface area (Å²) in [5, 5.41) is 6.33. The van der Waals surface area contributed by atoms with Crippen LogP contribution in [0.4, 0.5) is 8.78 Å². The van der Waals surface area contributed by atoms with Crippen molar-refractivity contribution in [1.82, 2.24) is 10.6 Å². The maximum Gasteiger partial charge on any atom is 0.387 e. The number of rotatable bonds is 8. The third-order valence-electron chi connectivity index (χ3n) is 3.94. The van der Waals surface area contributed by atoms with Gasteiger partial charge in [0.1, 0.15) is 11.5 Å². The molecule has 0 atom stereocenters. The molecular weight excluding hydrogens is 352 g/mol. The molecule has 0 spiro atoms. The molecule has 0 bridgehead atoms. The van der Waals surface area contributed by atoms with Gasteiger partial charge in [-0.05, 0) is 37.1 Å². The van der Waals surface area contributed by atoms with E-state index in [0.717, 1.165) is 23.3 Å². The molecule has 0 radical (unpaired) electrons. The molecule has 0 saturated carbocycles. The lowest BCUT2D eigenvalue weighted by atomic mass is 10.1. The first-order chi connectivity index (χ1) is 13.0. The summed E-state index contributed by atoms with van der Waals surface area (Å²) in [4.78, 5) is 4.16. The van der Waals surface area contributed by atoms with Crippen LogP contribution < -0.4 is 20.1 Å². The van der Waals surface area contributed by atoms with Crippen molar-refractivity contribution in [3.63, 3.8) is 0 Å². The van der Waals surface area contributed by atoms with Gasteiger partial charge in [-0.2, -0.15) is 8.78 Å². The minimum absolute atomic E-state index is 0.162. The number of methoxy groups -OCH3 is 1. The van der Waals surface area contributed by atoms with Crippen LogP contribution in [0.5, 0.6) is 11.5 Å². The molecule has 5 nitrogen and oxygen atoms in total. The van der Waals surface area contributed by atoms with Gasteiger partial charge in [-0.1, -0.05) is 29.8 Å². The fourth-order valence-electron chi connectivity index (χ4n) is 2.61. The van der Waals surface area contributed by atoms with Crippen LogP contribution in [0.25, 0.3) is 0 Å². The van der Waals surface area contributed by atoms with Gasteiger partial charge in [-0.3, -0.25) is 4.99 Å². The van der Waals surface area contributed by atoms with E-state index in [0.29, 0.717) is 24.6 Å². The van der Waals surface area contributed by atoms with Gasteiger partial charge in [0, 0.05) is 25.7 Å². The van der Waals surface area contributed by atoms with Crippen LogP contribution >= 0.6 is 0 Å². The minimum atomic E-state index is -2.85. The second-order valence-electron chi connectivity index (χ2n) is 5.94. The number of halogens is 2. The van der Waals surface area contributed by atoms with Gasteiger partial charge >= 0.3 is 6.61 Å². The molecule has 2 N–H and O–H groups in total. The summed E-state index contributed by atoms with van der Waals surface area (Å²) in [7, 11) is 3.30. The third-order valence-corrected chi connectivity index (χ3v) is 3.94. The van der Waals surface area contributed by atoms with E-state index in [4.69, 9.17) is 4.74 Å². The Morgan fingerprint density at radius 1 is 1.15 bits per heavy atom. The van der Waals surface area contributed by atoms with Crippen molar-refractivity contribution >= 4 is 5.96 Å². The molecule has 27 heavy (non-hydrogen) atoms. The number of aliphatic imine (C=N–C) groups is 1. The molecule has 146 valence electrons. The summed E-state index contributed by atoms with van der Waals surface area (Å²) in [6.07, 6.45) is 0.794. The number of nitrogens with zero attached hydrogens (tertiary/aromatic N) is 1. The van der Waals surface area contributed by atoms with E-state index < -0.39 is 6.61 Å². The van der Waals surface area contributed by atoms with Gasteiger partial charge in [0.05, 0.1) is 7.11 Å². The number of benzene rings is 2. The minimum Gasteiger partial charge on any atom is -0.497 e. The van der Waals surface area contributed by atoms with E-state index in [1.165, 1.54) is 0 Å². The molecule has 0 saturated heterocycles. The molecule has 0 unspecified atom stereocenters. The monoisotopic (exact) mass is 377 g/mol. The van der Waals surface area contributed by atoms with Gasteiger partial charge in [0.25, 0.3) is 0 Å². The number of hydrogen-bond donors (Lipinski definition) is 2. The predicted molar refractivity (Wildman–Crippen MR) is 103 cm³/mol. The number of guanidine groups is 1. The van der Waals surface area contributed by atoms with Crippen molar-refractivity contribution in [2.24, 2.45) is 4.99 Å². The zero-order chi connectivity index (χ0) is 19.6. The zero-order valence-electron chi connectivity index (χ0n) is 15.8. The van der Waals surface area contributed by atoms with E-state index in [-0.39, 0.29) is 5.75 Å². The van der Waals surface area contributed by atoms with E-state index >= 15 is 0 Å². The van der Waals surface area contributed by atoms with E-state index in [1.807, 2.05) is 37.3 Å². The van der Waals surface area contributed by atoms with Gasteiger partial charge < -0.3 is 20.1 Å². The number of ether oxygens (including phenoxy) is 2. The molecule has 0 heterocycles. The predicted octanol–water partition coefficient (Wildman–Crippen LogP) is 3.51. The summed E-state index contributed by atoms with van der Waals surface area (Å²) in [5.41, 5.74) is 2.75. The maximum atomic E-state index is 12.6. The largest absolute Gasteiger partial charge is 0.497 e. The van der Waals surface area contributed by atoms with Crippen LogP contribution in [-0.4, -0.2) is 33.3 Å². The Labute approximate surface area is 158 Å². The van der Waals surface area contributed by atoms with Crippen molar-refractivity contribution in [1.29, 1.82) is 0 Å². The second-order valence-corrected chi connectivity index (χ2v) is 5.94. The van der Waals surface area contributed by atoms with Crippen molar-refractivity contribution in [2.45, 2.75) is 26.5 Å². The fraction of sp³-hybridized carbons (Fsp3) is 0.350. The van der Waals surface area contributed by atoms with E-state index in [1.54, 1.807) is 26.3 Å². The van der Waals surface area contributed by atoms with E-state index in [2.05, 4.69) is 20.4 Å². The zero-order valence-corrected chi connectivity index (χ0v) is 15.8. The molecule has 7 heteroatoms. The molecular formula is C20H25F2N3O2. The fourth-order valence-corrected chi connectivity index (χ4v) is 2.61. The molecule has 0 aromatic heterocycles. The third kappa shape index (κ3) is 6.77. The number of alkyl halides is 2. The Balaban J connectivity index is 1.89. The van der Waals surface area contributed by atoms with Crippen LogP contribution in [0.3, 0.4) is 0 Å². The Bertz CT molecular complexity index is 767. The van der Waals surface area contributed by atoms with E-state index in [9.17, 15) is 8.78 Å². The SMILES string of the molecule is CN=C(NCCc1cccc(OC)c1)NCc1cc(C)ccc1OC(F)F. The molecule has 2 aromatic carbocycles. The van der Waals surface area contributed by atoms with Gasteiger partial charge in [-0.25, -0.2) is 0 Å². The Hall–Kier alpha value is -2.83. The topological polar surface area (TPSA) is 54.9 Å². The quantitative estimate of drug-likeness (QED) is 0.546. The highest BCUT2D eigenvalue weighted by Gasteiger charge is 2.10. The standard InChI is InChI=1S/C20H25F2N3O2/c1-14-7-8-18(27-19(21)22)16(11-14)13-25-20(23-2)24-10-9-15-5-4-6-17(12-15)26-3/h4-8,11-12,19H,9-10,13H2,1-3H3,(H2,23,24,25). The highest BCUT2D eigenvalue weighted by Crippen LogP contribution is 2.22. The van der Waals surface area contributed by atoms with Crippen LogP contribution in [0.2, 0.25) is 0 Å². The normalized spacial score (nSPS) is 11.4. The average molecular weight is 377 g/mol. The number of aryl methyl sites for hydroxylation is 1. The molecule has 2 rings (SSSR count).